The van der Waals surface area contributed by atoms with Crippen LogP contribution in [0.3, 0.4) is 0 Å². The van der Waals surface area contributed by atoms with Crippen LogP contribution >= 0.6 is 11.8 Å². The normalized spacial score (nSPS) is 14.6. The van der Waals surface area contributed by atoms with E-state index in [1.165, 1.54) is 6.92 Å². The number of carbonyl (C=O) groups excluding carboxylic acids is 1. The molecule has 1 aliphatic rings. The lowest BCUT2D eigenvalue weighted by Crippen LogP contribution is -2.29. The van der Waals surface area contributed by atoms with Gasteiger partial charge in [-0.15, -0.1) is 11.8 Å². The van der Waals surface area contributed by atoms with E-state index in [0.29, 0.717) is 17.9 Å². The Labute approximate surface area is 152 Å². The molecule has 1 N–H and O–H groups in total. The highest BCUT2D eigenvalue weighted by Gasteiger charge is 2.23. The number of amides is 1. The van der Waals surface area contributed by atoms with Gasteiger partial charge in [0.15, 0.2) is 0 Å². The zero-order valence-corrected chi connectivity index (χ0v) is 15.8. The van der Waals surface area contributed by atoms with E-state index in [1.807, 2.05) is 19.1 Å². The van der Waals surface area contributed by atoms with Crippen LogP contribution in [0, 0.1) is 6.92 Å². The van der Waals surface area contributed by atoms with E-state index in [-0.39, 0.29) is 10.8 Å². The molecule has 0 atom stereocenters. The second-order valence-corrected chi connectivity index (χ2v) is 8.79. The first kappa shape index (κ1) is 17.8. The maximum atomic E-state index is 12.7. The Morgan fingerprint density at radius 1 is 1.16 bits per heavy atom. The molecule has 0 unspecified atom stereocenters. The fourth-order valence-electron chi connectivity index (χ4n) is 2.69. The first-order valence-electron chi connectivity index (χ1n) is 8.01. The molecule has 0 aliphatic carbocycles. The SMILES string of the molecule is CC(=O)N1CCCSc2ccc(S(=O)(=O)Nc3ccc(C)cc3)cc21. The van der Waals surface area contributed by atoms with E-state index in [4.69, 9.17) is 0 Å². The number of hydrogen-bond donors (Lipinski definition) is 1. The van der Waals surface area contributed by atoms with Crippen molar-refractivity contribution in [2.45, 2.75) is 30.1 Å². The predicted molar refractivity (Wildman–Crippen MR) is 102 cm³/mol. The van der Waals surface area contributed by atoms with Crippen molar-refractivity contribution in [3.05, 3.63) is 48.0 Å². The van der Waals surface area contributed by atoms with Gasteiger partial charge in [0.25, 0.3) is 10.0 Å². The Morgan fingerprint density at radius 3 is 2.56 bits per heavy atom. The fraction of sp³-hybridized carbons (Fsp3) is 0.278. The standard InChI is InChI=1S/C18H20N2O3S2/c1-13-4-6-15(7-5-13)19-25(22,23)16-8-9-18-17(12-16)20(14(2)21)10-3-11-24-18/h4-9,12,19H,3,10-11H2,1-2H3. The van der Waals surface area contributed by atoms with Crippen molar-refractivity contribution in [3.63, 3.8) is 0 Å². The number of carbonyl (C=O) groups is 1. The van der Waals surface area contributed by atoms with Gasteiger partial charge in [-0.1, -0.05) is 17.7 Å². The molecular weight excluding hydrogens is 356 g/mol. The summed E-state index contributed by atoms with van der Waals surface area (Å²) in [5.41, 5.74) is 2.24. The Bertz CT molecular complexity index is 893. The molecule has 0 aromatic heterocycles. The predicted octanol–water partition coefficient (Wildman–Crippen LogP) is 3.64. The molecule has 1 heterocycles. The molecule has 2 aromatic rings. The summed E-state index contributed by atoms with van der Waals surface area (Å²) < 4.78 is 28.0. The third-order valence-corrected chi connectivity index (χ3v) is 6.53. The van der Waals surface area contributed by atoms with Gasteiger partial charge in [0, 0.05) is 24.1 Å². The average Bonchev–Trinajstić information content (AvgIpc) is 2.78. The number of hydrogen-bond acceptors (Lipinski definition) is 4. The van der Waals surface area contributed by atoms with E-state index in [9.17, 15) is 13.2 Å². The minimum atomic E-state index is -3.72. The van der Waals surface area contributed by atoms with Crippen molar-refractivity contribution >= 4 is 39.1 Å². The van der Waals surface area contributed by atoms with Gasteiger partial charge in [0.2, 0.25) is 5.91 Å². The van der Waals surface area contributed by atoms with Crippen LogP contribution in [-0.2, 0) is 14.8 Å². The molecule has 0 fully saturated rings. The number of anilines is 2. The molecule has 1 amide bonds. The highest BCUT2D eigenvalue weighted by Crippen LogP contribution is 2.36. The van der Waals surface area contributed by atoms with Crippen molar-refractivity contribution in [3.8, 4) is 0 Å². The molecule has 25 heavy (non-hydrogen) atoms. The molecule has 0 radical (unpaired) electrons. The van der Waals surface area contributed by atoms with Crippen molar-refractivity contribution in [1.29, 1.82) is 0 Å². The Morgan fingerprint density at radius 2 is 1.88 bits per heavy atom. The van der Waals surface area contributed by atoms with Gasteiger partial charge < -0.3 is 4.90 Å². The van der Waals surface area contributed by atoms with Crippen molar-refractivity contribution in [2.24, 2.45) is 0 Å². The van der Waals surface area contributed by atoms with Gasteiger partial charge in [-0.2, -0.15) is 0 Å². The van der Waals surface area contributed by atoms with Crippen LogP contribution in [0.5, 0.6) is 0 Å². The van der Waals surface area contributed by atoms with E-state index >= 15 is 0 Å². The summed E-state index contributed by atoms with van der Waals surface area (Å²) in [6, 6.07) is 12.1. The van der Waals surface area contributed by atoms with Gasteiger partial charge >= 0.3 is 0 Å². The van der Waals surface area contributed by atoms with Crippen LogP contribution in [0.25, 0.3) is 0 Å². The van der Waals surface area contributed by atoms with E-state index in [0.717, 1.165) is 22.6 Å². The number of sulfonamides is 1. The summed E-state index contributed by atoms with van der Waals surface area (Å²) in [4.78, 5) is 14.7. The Hall–Kier alpha value is -1.99. The van der Waals surface area contributed by atoms with E-state index in [1.54, 1.807) is 47.0 Å². The molecule has 7 heteroatoms. The number of fused-ring (bicyclic) bond motifs is 1. The molecule has 0 spiro atoms. The van der Waals surface area contributed by atoms with Gasteiger partial charge in [-0.25, -0.2) is 8.42 Å². The molecular formula is C18H20N2O3S2. The van der Waals surface area contributed by atoms with Crippen LogP contribution in [-0.4, -0.2) is 26.6 Å². The number of nitrogens with zero attached hydrogens (tertiary/aromatic N) is 1. The number of thioether (sulfide) groups is 1. The summed E-state index contributed by atoms with van der Waals surface area (Å²) >= 11 is 1.65. The smallest absolute Gasteiger partial charge is 0.261 e. The molecule has 2 aromatic carbocycles. The molecule has 3 rings (SSSR count). The lowest BCUT2D eigenvalue weighted by molar-refractivity contribution is -0.116. The lowest BCUT2D eigenvalue weighted by atomic mass is 10.2. The highest BCUT2D eigenvalue weighted by atomic mass is 32.2. The zero-order chi connectivity index (χ0) is 18.0. The maximum Gasteiger partial charge on any atom is 0.261 e. The molecule has 1 aliphatic heterocycles. The first-order chi connectivity index (χ1) is 11.9. The van der Waals surface area contributed by atoms with Gasteiger partial charge in [0.05, 0.1) is 10.6 Å². The quantitative estimate of drug-likeness (QED) is 0.888. The highest BCUT2D eigenvalue weighted by molar-refractivity contribution is 7.99. The van der Waals surface area contributed by atoms with Crippen LogP contribution < -0.4 is 9.62 Å². The Kier molecular flexibility index (Phi) is 5.06. The lowest BCUT2D eigenvalue weighted by Gasteiger charge is -2.21. The third kappa shape index (κ3) is 3.99. The number of rotatable bonds is 3. The van der Waals surface area contributed by atoms with Crippen LogP contribution in [0.1, 0.15) is 18.9 Å². The van der Waals surface area contributed by atoms with E-state index in [2.05, 4.69) is 4.72 Å². The largest absolute Gasteiger partial charge is 0.311 e. The molecule has 132 valence electrons. The summed E-state index contributed by atoms with van der Waals surface area (Å²) in [7, 11) is -3.72. The molecule has 0 saturated carbocycles. The monoisotopic (exact) mass is 376 g/mol. The van der Waals surface area contributed by atoms with Gasteiger partial charge in [0.1, 0.15) is 0 Å². The van der Waals surface area contributed by atoms with Crippen molar-refractivity contribution < 1.29 is 13.2 Å². The van der Waals surface area contributed by atoms with Gasteiger partial charge in [-0.05, 0) is 49.4 Å². The average molecular weight is 377 g/mol. The summed E-state index contributed by atoms with van der Waals surface area (Å²) in [5.74, 6) is 0.828. The summed E-state index contributed by atoms with van der Waals surface area (Å²) in [6.07, 6.45) is 0.878. The fourth-order valence-corrected chi connectivity index (χ4v) is 4.74. The van der Waals surface area contributed by atoms with Crippen LogP contribution in [0.15, 0.2) is 52.3 Å². The number of benzene rings is 2. The van der Waals surface area contributed by atoms with Gasteiger partial charge in [-0.3, -0.25) is 9.52 Å². The van der Waals surface area contributed by atoms with E-state index < -0.39 is 10.0 Å². The molecule has 5 nitrogen and oxygen atoms in total. The second-order valence-electron chi connectivity index (χ2n) is 5.97. The maximum absolute atomic E-state index is 12.7. The molecule has 0 saturated heterocycles. The first-order valence-corrected chi connectivity index (χ1v) is 10.5. The number of aryl methyl sites for hydroxylation is 1. The van der Waals surface area contributed by atoms with Crippen molar-refractivity contribution in [1.82, 2.24) is 0 Å². The second kappa shape index (κ2) is 7.09. The summed E-state index contributed by atoms with van der Waals surface area (Å²) in [6.45, 7) is 4.05. The van der Waals surface area contributed by atoms with Crippen LogP contribution in [0.2, 0.25) is 0 Å². The summed E-state index contributed by atoms with van der Waals surface area (Å²) in [5, 5.41) is 0. The number of nitrogens with one attached hydrogen (secondary N) is 1. The topological polar surface area (TPSA) is 66.5 Å². The van der Waals surface area contributed by atoms with Crippen molar-refractivity contribution in [2.75, 3.05) is 21.9 Å². The Balaban J connectivity index is 1.97. The minimum Gasteiger partial charge on any atom is -0.311 e. The van der Waals surface area contributed by atoms with Crippen LogP contribution in [0.4, 0.5) is 11.4 Å². The minimum absolute atomic E-state index is 0.0789. The zero-order valence-electron chi connectivity index (χ0n) is 14.2. The molecule has 0 bridgehead atoms. The third-order valence-electron chi connectivity index (χ3n) is 4.00.